The van der Waals surface area contributed by atoms with Crippen molar-refractivity contribution < 1.29 is 17.9 Å². The number of ether oxygens (including phenoxy) is 1. The van der Waals surface area contributed by atoms with Crippen LogP contribution in [0.3, 0.4) is 0 Å². The minimum absolute atomic E-state index is 0.000186. The van der Waals surface area contributed by atoms with Crippen molar-refractivity contribution in [1.29, 1.82) is 0 Å². The fourth-order valence-electron chi connectivity index (χ4n) is 3.62. The Morgan fingerprint density at radius 2 is 1.81 bits per heavy atom. The Kier molecular flexibility index (Phi) is 7.35. The molecule has 1 saturated heterocycles. The van der Waals surface area contributed by atoms with Gasteiger partial charge in [0, 0.05) is 18.8 Å². The lowest BCUT2D eigenvalue weighted by molar-refractivity contribution is -0.122. The normalized spacial score (nSPS) is 16.8. The number of carbonyl (C=O) groups excluding carboxylic acids is 1. The van der Waals surface area contributed by atoms with Gasteiger partial charge in [-0.1, -0.05) is 12.1 Å². The number of sulfonamides is 1. The zero-order valence-electron chi connectivity index (χ0n) is 18.5. The van der Waals surface area contributed by atoms with Gasteiger partial charge >= 0.3 is 0 Å². The molecule has 2 aromatic rings. The second-order valence-corrected chi connectivity index (χ2v) is 10.1. The van der Waals surface area contributed by atoms with E-state index < -0.39 is 16.1 Å². The highest BCUT2D eigenvalue weighted by molar-refractivity contribution is 7.89. The quantitative estimate of drug-likeness (QED) is 0.708. The van der Waals surface area contributed by atoms with Crippen molar-refractivity contribution in [2.75, 3.05) is 32.5 Å². The molecule has 2 aromatic carbocycles. The Morgan fingerprint density at radius 3 is 2.42 bits per heavy atom. The third-order valence-electron chi connectivity index (χ3n) is 5.67. The minimum Gasteiger partial charge on any atom is -0.481 e. The third-order valence-corrected chi connectivity index (χ3v) is 7.60. The summed E-state index contributed by atoms with van der Waals surface area (Å²) < 4.78 is 33.2. The lowest BCUT2D eigenvalue weighted by atomic mass is 10.1. The van der Waals surface area contributed by atoms with E-state index in [0.29, 0.717) is 11.4 Å². The molecule has 1 aliphatic heterocycles. The molecule has 1 unspecified atom stereocenters. The minimum atomic E-state index is -3.59. The van der Waals surface area contributed by atoms with Gasteiger partial charge in [-0.3, -0.25) is 4.79 Å². The second-order valence-electron chi connectivity index (χ2n) is 8.15. The fraction of sp³-hybridized carbons (Fsp3) is 0.435. The maximum Gasteiger partial charge on any atom is 0.265 e. The number of carbonyl (C=O) groups is 1. The van der Waals surface area contributed by atoms with Crippen LogP contribution in [0.25, 0.3) is 0 Å². The summed E-state index contributed by atoms with van der Waals surface area (Å²) in [6.07, 6.45) is 0.944. The summed E-state index contributed by atoms with van der Waals surface area (Å²) in [4.78, 5) is 14.9. The zero-order chi connectivity index (χ0) is 22.6. The molecule has 0 aromatic heterocycles. The number of rotatable bonds is 7. The zero-order valence-corrected chi connectivity index (χ0v) is 19.4. The van der Waals surface area contributed by atoms with Crippen molar-refractivity contribution in [3.63, 3.8) is 0 Å². The highest BCUT2D eigenvalue weighted by Gasteiger charge is 2.30. The number of benzene rings is 2. The van der Waals surface area contributed by atoms with Gasteiger partial charge in [-0.2, -0.15) is 4.31 Å². The molecule has 1 aliphatic rings. The Bertz CT molecular complexity index is 1000. The standard InChI is InChI=1S/C23H31N3O4S/c1-17-6-5-7-21(16-17)30-18(2)23(27)24-19-8-10-22(11-9-19)31(28,29)26(4)20-12-14-25(3)15-13-20/h5-11,16,18,20H,12-15H2,1-4H3,(H,24,27). The van der Waals surface area contributed by atoms with Crippen LogP contribution in [0.2, 0.25) is 0 Å². The van der Waals surface area contributed by atoms with Gasteiger partial charge in [-0.05, 0) is 88.8 Å². The molecule has 168 valence electrons. The maximum atomic E-state index is 13.0. The molecule has 0 saturated carbocycles. The summed E-state index contributed by atoms with van der Waals surface area (Å²) in [6.45, 7) is 5.40. The number of likely N-dealkylation sites (tertiary alicyclic amines) is 1. The molecule has 1 N–H and O–H groups in total. The van der Waals surface area contributed by atoms with Gasteiger partial charge < -0.3 is 15.0 Å². The van der Waals surface area contributed by atoms with E-state index in [0.717, 1.165) is 31.5 Å². The van der Waals surface area contributed by atoms with E-state index in [-0.39, 0.29) is 16.8 Å². The summed E-state index contributed by atoms with van der Waals surface area (Å²) >= 11 is 0. The number of hydrogen-bond donors (Lipinski definition) is 1. The van der Waals surface area contributed by atoms with E-state index in [4.69, 9.17) is 4.74 Å². The molecule has 1 heterocycles. The van der Waals surface area contributed by atoms with Crippen LogP contribution in [0, 0.1) is 6.92 Å². The molecule has 1 amide bonds. The first-order chi connectivity index (χ1) is 14.7. The monoisotopic (exact) mass is 445 g/mol. The van der Waals surface area contributed by atoms with E-state index in [9.17, 15) is 13.2 Å². The highest BCUT2D eigenvalue weighted by atomic mass is 32.2. The largest absolute Gasteiger partial charge is 0.481 e. The average molecular weight is 446 g/mol. The van der Waals surface area contributed by atoms with E-state index in [1.165, 1.54) is 16.4 Å². The third kappa shape index (κ3) is 5.84. The van der Waals surface area contributed by atoms with Gasteiger partial charge in [-0.25, -0.2) is 8.42 Å². The number of nitrogens with zero attached hydrogens (tertiary/aromatic N) is 2. The molecular weight excluding hydrogens is 414 g/mol. The van der Waals surface area contributed by atoms with E-state index in [2.05, 4.69) is 10.2 Å². The van der Waals surface area contributed by atoms with Crippen molar-refractivity contribution in [1.82, 2.24) is 9.21 Å². The van der Waals surface area contributed by atoms with Crippen LogP contribution in [-0.4, -0.2) is 62.9 Å². The van der Waals surface area contributed by atoms with Crippen LogP contribution in [0.5, 0.6) is 5.75 Å². The average Bonchev–Trinajstić information content (AvgIpc) is 2.74. The lowest BCUT2D eigenvalue weighted by Crippen LogP contribution is -2.44. The number of piperidine rings is 1. The Morgan fingerprint density at radius 1 is 1.16 bits per heavy atom. The number of anilines is 1. The van der Waals surface area contributed by atoms with Crippen LogP contribution in [0.4, 0.5) is 5.69 Å². The number of nitrogens with one attached hydrogen (secondary N) is 1. The number of aryl methyl sites for hydroxylation is 1. The predicted molar refractivity (Wildman–Crippen MR) is 122 cm³/mol. The van der Waals surface area contributed by atoms with Crippen LogP contribution in [0.1, 0.15) is 25.3 Å². The molecule has 3 rings (SSSR count). The molecule has 1 atom stereocenters. The van der Waals surface area contributed by atoms with Gasteiger partial charge in [0.1, 0.15) is 5.75 Å². The predicted octanol–water partition coefficient (Wildman–Crippen LogP) is 3.12. The molecule has 0 bridgehead atoms. The van der Waals surface area contributed by atoms with Gasteiger partial charge in [0.15, 0.2) is 6.10 Å². The SMILES string of the molecule is Cc1cccc(OC(C)C(=O)Nc2ccc(S(=O)(=O)N(C)C3CCN(C)CC3)cc2)c1. The summed E-state index contributed by atoms with van der Waals surface area (Å²) in [5, 5.41) is 2.77. The van der Waals surface area contributed by atoms with Crippen LogP contribution in [0.15, 0.2) is 53.4 Å². The van der Waals surface area contributed by atoms with Crippen LogP contribution in [-0.2, 0) is 14.8 Å². The van der Waals surface area contributed by atoms with E-state index >= 15 is 0 Å². The van der Waals surface area contributed by atoms with Crippen molar-refractivity contribution in [2.24, 2.45) is 0 Å². The summed E-state index contributed by atoms with van der Waals surface area (Å²) in [5.74, 6) is 0.321. The first-order valence-corrected chi connectivity index (χ1v) is 11.9. The fourth-order valence-corrected chi connectivity index (χ4v) is 5.04. The van der Waals surface area contributed by atoms with Gasteiger partial charge in [0.2, 0.25) is 10.0 Å². The molecule has 0 radical (unpaired) electrons. The first kappa shape index (κ1) is 23.2. The van der Waals surface area contributed by atoms with Crippen LogP contribution >= 0.6 is 0 Å². The molecule has 8 heteroatoms. The second kappa shape index (κ2) is 9.80. The summed E-state index contributed by atoms with van der Waals surface area (Å²) in [6, 6.07) is 13.8. The first-order valence-electron chi connectivity index (χ1n) is 10.5. The molecule has 0 aliphatic carbocycles. The van der Waals surface area contributed by atoms with Gasteiger partial charge in [0.25, 0.3) is 5.91 Å². The van der Waals surface area contributed by atoms with Crippen molar-refractivity contribution in [3.8, 4) is 5.75 Å². The van der Waals surface area contributed by atoms with Crippen molar-refractivity contribution >= 4 is 21.6 Å². The highest BCUT2D eigenvalue weighted by Crippen LogP contribution is 2.23. The molecule has 7 nitrogen and oxygen atoms in total. The molecule has 31 heavy (non-hydrogen) atoms. The van der Waals surface area contributed by atoms with Crippen molar-refractivity contribution in [2.45, 2.75) is 43.7 Å². The van der Waals surface area contributed by atoms with Gasteiger partial charge in [0.05, 0.1) is 4.90 Å². The van der Waals surface area contributed by atoms with E-state index in [1.54, 1.807) is 32.2 Å². The number of amides is 1. The Labute approximate surface area is 185 Å². The smallest absolute Gasteiger partial charge is 0.265 e. The van der Waals surface area contributed by atoms with Crippen molar-refractivity contribution in [3.05, 3.63) is 54.1 Å². The Balaban J connectivity index is 1.61. The molecule has 0 spiro atoms. The molecular formula is C23H31N3O4S. The maximum absolute atomic E-state index is 13.0. The summed E-state index contributed by atoms with van der Waals surface area (Å²) in [7, 11) is 0.105. The topological polar surface area (TPSA) is 78.9 Å². The van der Waals surface area contributed by atoms with Crippen LogP contribution < -0.4 is 10.1 Å². The van der Waals surface area contributed by atoms with Gasteiger partial charge in [-0.15, -0.1) is 0 Å². The Hall–Kier alpha value is -2.42. The number of hydrogen-bond acceptors (Lipinski definition) is 5. The summed E-state index contributed by atoms with van der Waals surface area (Å²) in [5.41, 5.74) is 1.57. The lowest BCUT2D eigenvalue weighted by Gasteiger charge is -2.34. The van der Waals surface area contributed by atoms with E-state index in [1.807, 2.05) is 32.2 Å². The molecule has 1 fully saturated rings.